The van der Waals surface area contributed by atoms with Crippen molar-refractivity contribution in [2.75, 3.05) is 12.4 Å². The Kier molecular flexibility index (Phi) is 7.09. The first-order chi connectivity index (χ1) is 16.4. The molecule has 172 valence electrons. The van der Waals surface area contributed by atoms with Gasteiger partial charge in [0.2, 0.25) is 5.91 Å². The van der Waals surface area contributed by atoms with Crippen molar-refractivity contribution in [1.29, 1.82) is 0 Å². The summed E-state index contributed by atoms with van der Waals surface area (Å²) in [6, 6.07) is 20.8. The van der Waals surface area contributed by atoms with Gasteiger partial charge in [0.15, 0.2) is 4.83 Å². The van der Waals surface area contributed by atoms with Crippen molar-refractivity contribution < 1.29 is 14.3 Å². The Labute approximate surface area is 208 Å². The Morgan fingerprint density at radius 1 is 1.09 bits per heavy atom. The molecule has 1 unspecified atom stereocenters. The molecule has 0 fully saturated rings. The zero-order chi connectivity index (χ0) is 24.2. The Morgan fingerprint density at radius 3 is 2.53 bits per heavy atom. The van der Waals surface area contributed by atoms with E-state index in [-0.39, 0.29) is 34.2 Å². The van der Waals surface area contributed by atoms with Crippen LogP contribution >= 0.6 is 27.5 Å². The molecule has 0 saturated heterocycles. The van der Waals surface area contributed by atoms with Gasteiger partial charge in [-0.05, 0) is 35.9 Å². The van der Waals surface area contributed by atoms with Gasteiger partial charge in [-0.15, -0.1) is 0 Å². The number of esters is 1. The van der Waals surface area contributed by atoms with Crippen molar-refractivity contribution in [3.63, 3.8) is 0 Å². The minimum atomic E-state index is -0.980. The molecular formula is C25H19BrClN3O4. The lowest BCUT2D eigenvalue weighted by atomic mass is 10.2. The molecule has 1 atom stereocenters. The molecule has 4 rings (SSSR count). The van der Waals surface area contributed by atoms with Gasteiger partial charge in [0.1, 0.15) is 5.82 Å². The highest BCUT2D eigenvalue weighted by Gasteiger charge is 2.25. The molecule has 0 aliphatic heterocycles. The van der Waals surface area contributed by atoms with Crippen LogP contribution in [-0.2, 0) is 16.1 Å². The maximum absolute atomic E-state index is 13.3. The van der Waals surface area contributed by atoms with Gasteiger partial charge < -0.3 is 10.1 Å². The third-order valence-electron chi connectivity index (χ3n) is 5.18. The van der Waals surface area contributed by atoms with E-state index in [4.69, 9.17) is 16.3 Å². The lowest BCUT2D eigenvalue weighted by molar-refractivity contribution is -0.115. The number of methoxy groups -OCH3 is 1. The molecule has 1 aromatic heterocycles. The first-order valence-electron chi connectivity index (χ1n) is 10.2. The normalized spacial score (nSPS) is 11.7. The van der Waals surface area contributed by atoms with Crippen molar-refractivity contribution in [2.45, 2.75) is 11.4 Å². The third-order valence-corrected chi connectivity index (χ3v) is 6.33. The summed E-state index contributed by atoms with van der Waals surface area (Å²) in [6.07, 6.45) is 0. The lowest BCUT2D eigenvalue weighted by Gasteiger charge is -2.18. The number of nitrogens with one attached hydrogen (secondary N) is 1. The smallest absolute Gasteiger partial charge is 0.337 e. The van der Waals surface area contributed by atoms with E-state index in [1.165, 1.54) is 29.9 Å². The van der Waals surface area contributed by atoms with Crippen LogP contribution in [0.5, 0.6) is 0 Å². The van der Waals surface area contributed by atoms with Crippen molar-refractivity contribution >= 4 is 56.0 Å². The van der Waals surface area contributed by atoms with Gasteiger partial charge >= 0.3 is 5.97 Å². The Morgan fingerprint density at radius 2 is 1.79 bits per heavy atom. The van der Waals surface area contributed by atoms with Gasteiger partial charge in [-0.3, -0.25) is 14.2 Å². The van der Waals surface area contributed by atoms with Gasteiger partial charge in [-0.1, -0.05) is 70.0 Å². The van der Waals surface area contributed by atoms with E-state index in [9.17, 15) is 14.4 Å². The predicted molar refractivity (Wildman–Crippen MR) is 135 cm³/mol. The summed E-state index contributed by atoms with van der Waals surface area (Å²) in [4.78, 5) is 42.0. The number of para-hydroxylation sites is 1. The summed E-state index contributed by atoms with van der Waals surface area (Å²) in [7, 11) is 1.26. The van der Waals surface area contributed by atoms with E-state index in [1.807, 2.05) is 30.3 Å². The first-order valence-corrected chi connectivity index (χ1v) is 11.5. The molecule has 34 heavy (non-hydrogen) atoms. The van der Waals surface area contributed by atoms with Gasteiger partial charge in [0.25, 0.3) is 5.56 Å². The molecule has 1 N–H and O–H groups in total. The number of rotatable bonds is 6. The minimum absolute atomic E-state index is 0.233. The van der Waals surface area contributed by atoms with E-state index < -0.39 is 16.7 Å². The van der Waals surface area contributed by atoms with Crippen molar-refractivity contribution in [1.82, 2.24) is 9.55 Å². The highest BCUT2D eigenvalue weighted by molar-refractivity contribution is 9.09. The molecule has 4 aromatic rings. The molecular weight excluding hydrogens is 522 g/mol. The second-order valence-electron chi connectivity index (χ2n) is 7.40. The van der Waals surface area contributed by atoms with E-state index in [2.05, 4.69) is 26.2 Å². The fourth-order valence-electron chi connectivity index (χ4n) is 3.48. The number of hydrogen-bond donors (Lipinski definition) is 1. The van der Waals surface area contributed by atoms with Crippen LogP contribution in [0.15, 0.2) is 77.6 Å². The number of benzene rings is 3. The van der Waals surface area contributed by atoms with E-state index in [0.29, 0.717) is 10.9 Å². The number of alkyl halides is 1. The van der Waals surface area contributed by atoms with Gasteiger partial charge in [0, 0.05) is 0 Å². The topological polar surface area (TPSA) is 90.3 Å². The van der Waals surface area contributed by atoms with Crippen LogP contribution in [0, 0.1) is 0 Å². The number of carbonyl (C=O) groups excluding carboxylic acids is 2. The predicted octanol–water partition coefficient (Wildman–Crippen LogP) is 4.96. The molecule has 1 amide bonds. The molecule has 7 nitrogen and oxygen atoms in total. The van der Waals surface area contributed by atoms with Crippen LogP contribution < -0.4 is 10.9 Å². The highest BCUT2D eigenvalue weighted by Crippen LogP contribution is 2.28. The van der Waals surface area contributed by atoms with Crippen LogP contribution in [0.1, 0.15) is 26.6 Å². The molecule has 0 saturated carbocycles. The monoisotopic (exact) mass is 539 g/mol. The molecule has 0 radical (unpaired) electrons. The zero-order valence-electron chi connectivity index (χ0n) is 18.0. The highest BCUT2D eigenvalue weighted by atomic mass is 79.9. The lowest BCUT2D eigenvalue weighted by Crippen LogP contribution is -2.30. The SMILES string of the molecule is COC(=O)c1ccc(Cl)c(NC(=O)C(Br)c2nc3ccccc3c(=O)n2Cc2ccccc2)c1. The van der Waals surface area contributed by atoms with Crippen LogP contribution in [0.25, 0.3) is 10.9 Å². The quantitative estimate of drug-likeness (QED) is 0.276. The fraction of sp³-hybridized carbons (Fsp3) is 0.120. The summed E-state index contributed by atoms with van der Waals surface area (Å²) >= 11 is 9.64. The molecule has 0 bridgehead atoms. The van der Waals surface area contributed by atoms with Crippen molar-refractivity contribution in [2.24, 2.45) is 0 Å². The zero-order valence-corrected chi connectivity index (χ0v) is 20.3. The number of hydrogen-bond acceptors (Lipinski definition) is 5. The number of nitrogens with zero attached hydrogens (tertiary/aromatic N) is 2. The summed E-state index contributed by atoms with van der Waals surface area (Å²) in [5, 5.41) is 3.40. The van der Waals surface area contributed by atoms with Crippen LogP contribution in [0.2, 0.25) is 5.02 Å². The number of aromatic nitrogens is 2. The maximum Gasteiger partial charge on any atom is 0.337 e. The van der Waals surface area contributed by atoms with Crippen molar-refractivity contribution in [3.8, 4) is 0 Å². The Balaban J connectivity index is 1.74. The van der Waals surface area contributed by atoms with E-state index in [1.54, 1.807) is 24.3 Å². The average Bonchev–Trinajstić information content (AvgIpc) is 2.86. The Bertz CT molecular complexity index is 1440. The summed E-state index contributed by atoms with van der Waals surface area (Å²) < 4.78 is 6.20. The Hall–Kier alpha value is -3.49. The van der Waals surface area contributed by atoms with Crippen LogP contribution in [0.4, 0.5) is 5.69 Å². The number of carbonyl (C=O) groups is 2. The summed E-state index contributed by atoms with van der Waals surface area (Å²) in [6.45, 7) is 0.237. The average molecular weight is 541 g/mol. The van der Waals surface area contributed by atoms with E-state index >= 15 is 0 Å². The molecule has 3 aromatic carbocycles. The number of anilines is 1. The second kappa shape index (κ2) is 10.2. The number of amides is 1. The first kappa shape index (κ1) is 23.7. The van der Waals surface area contributed by atoms with Crippen LogP contribution in [-0.4, -0.2) is 28.5 Å². The summed E-state index contributed by atoms with van der Waals surface area (Å²) in [5.74, 6) is -0.825. The van der Waals surface area contributed by atoms with Gasteiger partial charge in [-0.25, -0.2) is 9.78 Å². The van der Waals surface area contributed by atoms with Crippen LogP contribution in [0.3, 0.4) is 0 Å². The van der Waals surface area contributed by atoms with Gasteiger partial charge in [-0.2, -0.15) is 0 Å². The third kappa shape index (κ3) is 4.88. The number of ether oxygens (including phenoxy) is 1. The second-order valence-corrected chi connectivity index (χ2v) is 8.72. The number of halogens is 2. The fourth-order valence-corrected chi connectivity index (χ4v) is 4.11. The number of fused-ring (bicyclic) bond motifs is 1. The molecule has 1 heterocycles. The van der Waals surface area contributed by atoms with Gasteiger partial charge in [0.05, 0.1) is 40.8 Å². The van der Waals surface area contributed by atoms with Crippen molar-refractivity contribution in [3.05, 3.63) is 105 Å². The molecule has 9 heteroatoms. The minimum Gasteiger partial charge on any atom is -0.465 e. The standard InChI is InChI=1S/C25H19BrClN3O4/c1-34-25(33)16-11-12-18(27)20(13-16)29-23(31)21(26)22-28-19-10-6-5-9-17(19)24(32)30(22)14-15-7-3-2-4-8-15/h2-13,21H,14H2,1H3,(H,29,31). The molecule has 0 aliphatic rings. The molecule has 0 aliphatic carbocycles. The molecule has 0 spiro atoms. The maximum atomic E-state index is 13.3. The van der Waals surface area contributed by atoms with E-state index in [0.717, 1.165) is 5.56 Å². The largest absolute Gasteiger partial charge is 0.465 e. The summed E-state index contributed by atoms with van der Waals surface area (Å²) in [5.41, 5.74) is 1.58.